The summed E-state index contributed by atoms with van der Waals surface area (Å²) in [5.74, 6) is -0.166. The number of carbonyl (C=O) groups excluding carboxylic acids is 1. The fraction of sp³-hybridized carbons (Fsp3) is 0.667. The van der Waals surface area contributed by atoms with Crippen molar-refractivity contribution in [1.29, 1.82) is 0 Å². The number of sulfone groups is 1. The van der Waals surface area contributed by atoms with Crippen LogP contribution in [-0.4, -0.2) is 45.5 Å². The van der Waals surface area contributed by atoms with Crippen LogP contribution in [0.4, 0.5) is 0 Å². The van der Waals surface area contributed by atoms with Gasteiger partial charge in [0.1, 0.15) is 8.42 Å². The molecule has 0 spiro atoms. The van der Waals surface area contributed by atoms with Gasteiger partial charge in [-0.1, -0.05) is 0 Å². The summed E-state index contributed by atoms with van der Waals surface area (Å²) in [5, 5.41) is -0.675. The Morgan fingerprint density at radius 1 is 1.44 bits per heavy atom. The second kappa shape index (κ2) is 6.98. The topological polar surface area (TPSA) is 101 Å². The summed E-state index contributed by atoms with van der Waals surface area (Å²) in [6.45, 7) is 8.66. The maximum atomic E-state index is 12.7. The van der Waals surface area contributed by atoms with Crippen molar-refractivity contribution >= 4 is 37.1 Å². The number of nitrogens with one attached hydrogen (secondary N) is 1. The minimum atomic E-state index is -3.80. The predicted octanol–water partition coefficient (Wildman–Crippen LogP) is 1.91. The van der Waals surface area contributed by atoms with Gasteiger partial charge in [0.2, 0.25) is 15.9 Å². The van der Waals surface area contributed by atoms with Crippen LogP contribution < -0.4 is 4.72 Å². The van der Waals surface area contributed by atoms with E-state index in [0.29, 0.717) is 12.1 Å². The summed E-state index contributed by atoms with van der Waals surface area (Å²) in [7, 11) is -7.40. The minimum absolute atomic E-state index is 0.0338. The molecule has 0 bridgehead atoms. The number of hydrogen-bond acceptors (Lipinski definition) is 6. The Balaban J connectivity index is 2.64. The lowest BCUT2D eigenvalue weighted by atomic mass is 10.0. The highest BCUT2D eigenvalue weighted by molar-refractivity contribution is 7.95. The first-order chi connectivity index (χ1) is 11.4. The van der Waals surface area contributed by atoms with E-state index >= 15 is 0 Å². The quantitative estimate of drug-likeness (QED) is 0.802. The van der Waals surface area contributed by atoms with E-state index in [9.17, 15) is 21.6 Å². The lowest BCUT2D eigenvalue weighted by Crippen LogP contribution is -2.39. The molecule has 1 aliphatic rings. The number of nitrogens with zero attached hydrogens (tertiary/aromatic N) is 1. The van der Waals surface area contributed by atoms with Gasteiger partial charge in [-0.05, 0) is 40.2 Å². The Hall–Kier alpha value is -0.970. The van der Waals surface area contributed by atoms with Crippen molar-refractivity contribution in [2.75, 3.05) is 6.54 Å². The van der Waals surface area contributed by atoms with Crippen LogP contribution >= 0.6 is 11.3 Å². The van der Waals surface area contributed by atoms with E-state index in [1.165, 1.54) is 13.0 Å². The van der Waals surface area contributed by atoms with Crippen molar-refractivity contribution in [3.05, 3.63) is 11.6 Å². The standard InChI is InChI=1S/C15H24N2O5S3/c1-6-17(11(5)18)13-7-10(4)24(19,20)15-12(13)8-14(23-15)25(21,22)16-9(2)3/h8-10,13,16H,6-7H2,1-5H3/t10-,13-/m0/s1. The van der Waals surface area contributed by atoms with E-state index in [-0.39, 0.29) is 26.8 Å². The molecular formula is C15H24N2O5S3. The van der Waals surface area contributed by atoms with Crippen LogP contribution in [0.25, 0.3) is 0 Å². The molecule has 1 aromatic rings. The van der Waals surface area contributed by atoms with Gasteiger partial charge in [0.05, 0.1) is 11.3 Å². The van der Waals surface area contributed by atoms with Crippen molar-refractivity contribution < 1.29 is 21.6 Å². The molecule has 0 unspecified atom stereocenters. The number of amides is 1. The van der Waals surface area contributed by atoms with Gasteiger partial charge < -0.3 is 4.90 Å². The SMILES string of the molecule is CCN(C(C)=O)[C@H]1C[C@H](C)S(=O)(=O)c2sc(S(=O)(=O)NC(C)C)cc21. The zero-order chi connectivity index (χ0) is 19.2. The highest BCUT2D eigenvalue weighted by atomic mass is 32.3. The van der Waals surface area contributed by atoms with Gasteiger partial charge >= 0.3 is 0 Å². The molecule has 1 aliphatic heterocycles. The first-order valence-electron chi connectivity index (χ1n) is 8.09. The number of fused-ring (bicyclic) bond motifs is 1. The van der Waals surface area contributed by atoms with Crippen LogP contribution in [0, 0.1) is 0 Å². The second-order valence-corrected chi connectivity index (χ2v) is 12.1. The molecule has 1 aromatic heterocycles. The molecule has 10 heteroatoms. The third-order valence-corrected chi connectivity index (χ3v) is 10.2. The number of rotatable bonds is 5. The normalized spacial score (nSPS) is 22.6. The van der Waals surface area contributed by atoms with E-state index in [2.05, 4.69) is 4.72 Å². The molecule has 1 N–H and O–H groups in total. The Kier molecular flexibility index (Phi) is 5.68. The van der Waals surface area contributed by atoms with Gasteiger partial charge in [-0.3, -0.25) is 4.79 Å². The average Bonchev–Trinajstić information content (AvgIpc) is 2.90. The molecule has 0 radical (unpaired) electrons. The zero-order valence-corrected chi connectivity index (χ0v) is 17.4. The van der Waals surface area contributed by atoms with Crippen molar-refractivity contribution in [3.8, 4) is 0 Å². The Morgan fingerprint density at radius 3 is 2.52 bits per heavy atom. The van der Waals surface area contributed by atoms with Crippen LogP contribution in [0.1, 0.15) is 52.6 Å². The first-order valence-corrected chi connectivity index (χ1v) is 11.9. The summed E-state index contributed by atoms with van der Waals surface area (Å²) in [6.07, 6.45) is 0.260. The molecule has 2 heterocycles. The summed E-state index contributed by atoms with van der Waals surface area (Å²) in [6, 6.07) is 0.666. The van der Waals surface area contributed by atoms with Crippen molar-refractivity contribution in [3.63, 3.8) is 0 Å². The highest BCUT2D eigenvalue weighted by Gasteiger charge is 2.42. The molecule has 7 nitrogen and oxygen atoms in total. The van der Waals surface area contributed by atoms with Gasteiger partial charge in [-0.2, -0.15) is 0 Å². The van der Waals surface area contributed by atoms with Gasteiger partial charge in [0, 0.05) is 25.1 Å². The molecule has 2 rings (SSSR count). The summed E-state index contributed by atoms with van der Waals surface area (Å²) in [4.78, 5) is 13.5. The van der Waals surface area contributed by atoms with E-state index in [1.54, 1.807) is 25.7 Å². The molecule has 0 saturated heterocycles. The number of hydrogen-bond donors (Lipinski definition) is 1. The summed E-state index contributed by atoms with van der Waals surface area (Å²) in [5.41, 5.74) is 0.407. The highest BCUT2D eigenvalue weighted by Crippen LogP contribution is 2.45. The van der Waals surface area contributed by atoms with E-state index in [4.69, 9.17) is 0 Å². The Morgan fingerprint density at radius 2 is 2.04 bits per heavy atom. The third kappa shape index (κ3) is 3.76. The van der Waals surface area contributed by atoms with Crippen LogP contribution in [0.5, 0.6) is 0 Å². The third-order valence-electron chi connectivity index (χ3n) is 4.18. The fourth-order valence-corrected chi connectivity index (χ4v) is 8.27. The van der Waals surface area contributed by atoms with Crippen LogP contribution in [0.3, 0.4) is 0 Å². The molecule has 0 fully saturated rings. The lowest BCUT2D eigenvalue weighted by Gasteiger charge is -2.35. The first kappa shape index (κ1) is 20.3. The summed E-state index contributed by atoms with van der Waals surface area (Å²) >= 11 is 0.762. The van der Waals surface area contributed by atoms with Crippen LogP contribution in [-0.2, 0) is 24.7 Å². The van der Waals surface area contributed by atoms with Crippen LogP contribution in [0.2, 0.25) is 0 Å². The second-order valence-electron chi connectivity index (χ2n) is 6.50. The molecule has 0 aromatic carbocycles. The molecule has 0 aliphatic carbocycles. The monoisotopic (exact) mass is 408 g/mol. The Bertz CT molecular complexity index is 871. The average molecular weight is 409 g/mol. The maximum absolute atomic E-state index is 12.7. The zero-order valence-electron chi connectivity index (χ0n) is 14.9. The molecular weight excluding hydrogens is 384 g/mol. The molecule has 25 heavy (non-hydrogen) atoms. The molecule has 142 valence electrons. The van der Waals surface area contributed by atoms with E-state index in [0.717, 1.165) is 11.3 Å². The van der Waals surface area contributed by atoms with Gasteiger partial charge in [0.15, 0.2) is 9.84 Å². The largest absolute Gasteiger partial charge is 0.336 e. The molecule has 0 saturated carbocycles. The van der Waals surface area contributed by atoms with Crippen molar-refractivity contribution in [2.24, 2.45) is 0 Å². The predicted molar refractivity (Wildman–Crippen MR) is 96.8 cm³/mol. The number of thiophene rings is 1. The van der Waals surface area contributed by atoms with Gasteiger partial charge in [0.25, 0.3) is 0 Å². The van der Waals surface area contributed by atoms with Crippen LogP contribution in [0.15, 0.2) is 14.5 Å². The smallest absolute Gasteiger partial charge is 0.250 e. The Labute approximate surface area is 153 Å². The minimum Gasteiger partial charge on any atom is -0.336 e. The van der Waals surface area contributed by atoms with Crippen molar-refractivity contribution in [1.82, 2.24) is 9.62 Å². The van der Waals surface area contributed by atoms with E-state index < -0.39 is 31.2 Å². The molecule has 2 atom stereocenters. The number of carbonyl (C=O) groups is 1. The van der Waals surface area contributed by atoms with E-state index in [1.807, 2.05) is 6.92 Å². The van der Waals surface area contributed by atoms with Gasteiger partial charge in [-0.15, -0.1) is 11.3 Å². The lowest BCUT2D eigenvalue weighted by molar-refractivity contribution is -0.131. The molecule has 1 amide bonds. The van der Waals surface area contributed by atoms with Gasteiger partial charge in [-0.25, -0.2) is 21.6 Å². The fourth-order valence-electron chi connectivity index (χ4n) is 3.03. The number of sulfonamides is 1. The van der Waals surface area contributed by atoms with Crippen molar-refractivity contribution in [2.45, 2.75) is 66.8 Å². The summed E-state index contributed by atoms with van der Waals surface area (Å²) < 4.78 is 52.8. The maximum Gasteiger partial charge on any atom is 0.250 e.